The van der Waals surface area contributed by atoms with Crippen molar-refractivity contribution in [2.75, 3.05) is 27.2 Å². The molecule has 0 amide bonds. The Balaban J connectivity index is 2.33. The van der Waals surface area contributed by atoms with Crippen LogP contribution in [0.3, 0.4) is 0 Å². The first-order valence-corrected chi connectivity index (χ1v) is 8.36. The summed E-state index contributed by atoms with van der Waals surface area (Å²) in [7, 11) is -0.0618. The summed E-state index contributed by atoms with van der Waals surface area (Å²) in [5, 5.41) is 8.98. The summed E-state index contributed by atoms with van der Waals surface area (Å²) < 4.78 is 40.7. The van der Waals surface area contributed by atoms with Crippen molar-refractivity contribution in [2.24, 2.45) is 0 Å². The number of nitrogens with zero attached hydrogens (tertiary/aromatic N) is 2. The molecule has 1 atom stereocenters. The van der Waals surface area contributed by atoms with Crippen molar-refractivity contribution in [3.05, 3.63) is 29.6 Å². The molecule has 118 valence electrons. The van der Waals surface area contributed by atoms with E-state index in [2.05, 4.69) is 0 Å². The Labute approximate surface area is 125 Å². The Morgan fingerprint density at radius 2 is 2.14 bits per heavy atom. The number of halogens is 1. The zero-order chi connectivity index (χ0) is 15.6. The van der Waals surface area contributed by atoms with Gasteiger partial charge in [-0.05, 0) is 44.6 Å². The highest BCUT2D eigenvalue weighted by Crippen LogP contribution is 2.28. The molecule has 21 heavy (non-hydrogen) atoms. The summed E-state index contributed by atoms with van der Waals surface area (Å²) in [5.41, 5.74) is 0.359. The highest BCUT2D eigenvalue weighted by Gasteiger charge is 2.36. The molecule has 1 aromatic rings. The van der Waals surface area contributed by atoms with Gasteiger partial charge in [-0.3, -0.25) is 0 Å². The van der Waals surface area contributed by atoms with Crippen LogP contribution in [0, 0.1) is 5.82 Å². The smallest absolute Gasteiger partial charge is 0.246 e. The molecule has 0 bridgehead atoms. The van der Waals surface area contributed by atoms with Gasteiger partial charge in [0.05, 0.1) is 6.61 Å². The van der Waals surface area contributed by atoms with Gasteiger partial charge in [-0.2, -0.15) is 4.31 Å². The molecule has 0 spiro atoms. The van der Waals surface area contributed by atoms with Gasteiger partial charge < -0.3 is 10.0 Å². The van der Waals surface area contributed by atoms with Crippen LogP contribution in [-0.2, 0) is 16.6 Å². The number of aliphatic hydroxyl groups excluding tert-OH is 1. The number of rotatable bonds is 5. The number of aliphatic hydroxyl groups is 1. The summed E-state index contributed by atoms with van der Waals surface area (Å²) in [6.45, 7) is 0.724. The van der Waals surface area contributed by atoms with E-state index in [1.165, 1.54) is 16.4 Å². The highest BCUT2D eigenvalue weighted by molar-refractivity contribution is 7.89. The van der Waals surface area contributed by atoms with Crippen LogP contribution in [0.2, 0.25) is 0 Å². The Morgan fingerprint density at radius 3 is 2.71 bits per heavy atom. The number of benzene rings is 1. The van der Waals surface area contributed by atoms with Gasteiger partial charge in [0.2, 0.25) is 10.0 Å². The first-order chi connectivity index (χ1) is 9.86. The van der Waals surface area contributed by atoms with Gasteiger partial charge in [-0.1, -0.05) is 6.07 Å². The Bertz CT molecular complexity index is 604. The van der Waals surface area contributed by atoms with Crippen molar-refractivity contribution in [3.63, 3.8) is 0 Å². The van der Waals surface area contributed by atoms with Crippen LogP contribution in [0.15, 0.2) is 23.1 Å². The van der Waals surface area contributed by atoms with E-state index in [0.29, 0.717) is 18.7 Å². The molecule has 1 aliphatic heterocycles. The second-order valence-electron chi connectivity index (χ2n) is 5.60. The minimum atomic E-state index is -3.84. The van der Waals surface area contributed by atoms with Gasteiger partial charge in [0.1, 0.15) is 10.7 Å². The maximum Gasteiger partial charge on any atom is 0.246 e. The van der Waals surface area contributed by atoms with E-state index < -0.39 is 15.8 Å². The van der Waals surface area contributed by atoms with E-state index >= 15 is 0 Å². The Kier molecular flexibility index (Phi) is 4.98. The van der Waals surface area contributed by atoms with Crippen LogP contribution in [0.5, 0.6) is 0 Å². The number of likely N-dealkylation sites (N-methyl/N-ethyl adjacent to an activating group) is 1. The lowest BCUT2D eigenvalue weighted by Gasteiger charge is -2.26. The molecular formula is C14H21FN2O3S. The molecule has 7 heteroatoms. The molecule has 0 aliphatic carbocycles. The van der Waals surface area contributed by atoms with Gasteiger partial charge in [-0.25, -0.2) is 12.8 Å². The minimum absolute atomic E-state index is 0.123. The summed E-state index contributed by atoms with van der Waals surface area (Å²) in [5.74, 6) is -0.808. The molecular weight excluding hydrogens is 295 g/mol. The quantitative estimate of drug-likeness (QED) is 0.881. The van der Waals surface area contributed by atoms with Crippen LogP contribution in [0.1, 0.15) is 18.4 Å². The van der Waals surface area contributed by atoms with E-state index in [4.69, 9.17) is 5.11 Å². The molecule has 1 aliphatic rings. The number of sulfonamides is 1. The zero-order valence-electron chi connectivity index (χ0n) is 12.3. The molecule has 2 rings (SSSR count). The van der Waals surface area contributed by atoms with Crippen LogP contribution in [0.4, 0.5) is 4.39 Å². The second-order valence-corrected chi connectivity index (χ2v) is 7.46. The standard InChI is InChI=1S/C14H21FN2O3S/c1-16(2)9-12-4-3-7-17(12)21(19,20)14-6-5-11(10-18)8-13(14)15/h5-6,8,12,18H,3-4,7,9-10H2,1-2H3. The zero-order valence-corrected chi connectivity index (χ0v) is 13.1. The topological polar surface area (TPSA) is 60.9 Å². The van der Waals surface area contributed by atoms with Crippen molar-refractivity contribution in [1.29, 1.82) is 0 Å². The normalized spacial score (nSPS) is 20.3. The summed E-state index contributed by atoms with van der Waals surface area (Å²) in [4.78, 5) is 1.62. The van der Waals surface area contributed by atoms with Crippen molar-refractivity contribution < 1.29 is 17.9 Å². The average Bonchev–Trinajstić information content (AvgIpc) is 2.86. The lowest BCUT2D eigenvalue weighted by atomic mass is 10.2. The van der Waals surface area contributed by atoms with Gasteiger partial charge in [-0.15, -0.1) is 0 Å². The maximum absolute atomic E-state index is 14.0. The van der Waals surface area contributed by atoms with Crippen molar-refractivity contribution in [1.82, 2.24) is 9.21 Å². The minimum Gasteiger partial charge on any atom is -0.392 e. The summed E-state index contributed by atoms with van der Waals surface area (Å²) in [6, 6.07) is 3.62. The van der Waals surface area contributed by atoms with Crippen LogP contribution >= 0.6 is 0 Å². The van der Waals surface area contributed by atoms with Crippen molar-refractivity contribution >= 4 is 10.0 Å². The first kappa shape index (κ1) is 16.4. The van der Waals surface area contributed by atoms with E-state index in [1.54, 1.807) is 0 Å². The fraction of sp³-hybridized carbons (Fsp3) is 0.571. The lowest BCUT2D eigenvalue weighted by Crippen LogP contribution is -2.41. The van der Waals surface area contributed by atoms with Crippen LogP contribution in [0.25, 0.3) is 0 Å². The summed E-state index contributed by atoms with van der Waals surface area (Å²) in [6.07, 6.45) is 1.57. The van der Waals surface area contributed by atoms with E-state index in [1.807, 2.05) is 19.0 Å². The van der Waals surface area contributed by atoms with E-state index in [0.717, 1.165) is 18.9 Å². The molecule has 1 aromatic carbocycles. The molecule has 1 saturated heterocycles. The molecule has 1 N–H and O–H groups in total. The Morgan fingerprint density at radius 1 is 1.43 bits per heavy atom. The monoisotopic (exact) mass is 316 g/mol. The van der Waals surface area contributed by atoms with Crippen molar-refractivity contribution in [3.8, 4) is 0 Å². The SMILES string of the molecule is CN(C)CC1CCCN1S(=O)(=O)c1ccc(CO)cc1F. The van der Waals surface area contributed by atoms with Gasteiger partial charge in [0.15, 0.2) is 0 Å². The fourth-order valence-electron chi connectivity index (χ4n) is 2.71. The highest BCUT2D eigenvalue weighted by atomic mass is 32.2. The third-order valence-electron chi connectivity index (χ3n) is 3.66. The third-order valence-corrected chi connectivity index (χ3v) is 5.65. The Hall–Kier alpha value is -1.02. The first-order valence-electron chi connectivity index (χ1n) is 6.92. The molecule has 0 saturated carbocycles. The van der Waals surface area contributed by atoms with Gasteiger partial charge in [0.25, 0.3) is 0 Å². The lowest BCUT2D eigenvalue weighted by molar-refractivity contribution is 0.280. The molecule has 0 aromatic heterocycles. The van der Waals surface area contributed by atoms with Gasteiger partial charge in [0, 0.05) is 19.1 Å². The number of hydrogen-bond donors (Lipinski definition) is 1. The predicted octanol–water partition coefficient (Wildman–Crippen LogP) is 1.03. The van der Waals surface area contributed by atoms with Crippen LogP contribution < -0.4 is 0 Å². The predicted molar refractivity (Wildman–Crippen MR) is 77.8 cm³/mol. The van der Waals surface area contributed by atoms with Crippen molar-refractivity contribution in [2.45, 2.75) is 30.4 Å². The maximum atomic E-state index is 14.0. The second kappa shape index (κ2) is 6.39. The molecule has 5 nitrogen and oxygen atoms in total. The third kappa shape index (κ3) is 3.42. The molecule has 0 radical (unpaired) electrons. The number of hydrogen-bond acceptors (Lipinski definition) is 4. The van der Waals surface area contributed by atoms with E-state index in [-0.39, 0.29) is 17.5 Å². The molecule has 1 fully saturated rings. The molecule has 1 unspecified atom stereocenters. The fourth-order valence-corrected chi connectivity index (χ4v) is 4.44. The van der Waals surface area contributed by atoms with E-state index in [9.17, 15) is 12.8 Å². The molecule has 1 heterocycles. The van der Waals surface area contributed by atoms with Crippen LogP contribution in [-0.4, -0.2) is 56.0 Å². The summed E-state index contributed by atoms with van der Waals surface area (Å²) >= 11 is 0. The van der Waals surface area contributed by atoms with Gasteiger partial charge >= 0.3 is 0 Å². The largest absolute Gasteiger partial charge is 0.392 e. The average molecular weight is 316 g/mol.